The molecule has 0 saturated carbocycles. The molecule has 1 unspecified atom stereocenters. The van der Waals surface area contributed by atoms with E-state index < -0.39 is 0 Å². The smallest absolute Gasteiger partial charge is 0.199 e. The van der Waals surface area contributed by atoms with Crippen LogP contribution in [0.15, 0.2) is 18.2 Å². The van der Waals surface area contributed by atoms with Crippen molar-refractivity contribution in [1.82, 2.24) is 0 Å². The van der Waals surface area contributed by atoms with E-state index in [0.29, 0.717) is 6.61 Å². The minimum Gasteiger partial charge on any atom is -0.465 e. The quantitative estimate of drug-likeness (QED) is 0.310. The molecule has 25 heavy (non-hydrogen) atoms. The van der Waals surface area contributed by atoms with Crippen LogP contribution in [0.1, 0.15) is 78.9 Å². The number of rotatable bonds is 11. The number of aryl methyl sites for hydroxylation is 1. The van der Waals surface area contributed by atoms with E-state index in [0.717, 1.165) is 17.9 Å². The van der Waals surface area contributed by atoms with Gasteiger partial charge in [-0.15, -0.1) is 0 Å². The highest BCUT2D eigenvalue weighted by atomic mass is 32.2. The second kappa shape index (κ2) is 13.5. The van der Waals surface area contributed by atoms with Gasteiger partial charge in [-0.25, -0.2) is 0 Å². The molecule has 1 rings (SSSR count). The fraction of sp³-hybridized carbons (Fsp3) is 0.727. The van der Waals surface area contributed by atoms with Crippen molar-refractivity contribution in [2.75, 3.05) is 18.1 Å². The van der Waals surface area contributed by atoms with Crippen LogP contribution in [0.3, 0.4) is 0 Å². The minimum absolute atomic E-state index is 0.151. The number of unbranched alkanes of at least 4 members (excludes halogenated alkanes) is 1. The molecule has 0 aliphatic heterocycles. The first-order valence-electron chi connectivity index (χ1n) is 9.91. The number of hydrogen-bond donors (Lipinski definition) is 0. The summed E-state index contributed by atoms with van der Waals surface area (Å²) in [6.07, 6.45) is 3.29. The second-order valence-corrected chi connectivity index (χ2v) is 7.79. The summed E-state index contributed by atoms with van der Waals surface area (Å²) in [6.45, 7) is 17.8. The van der Waals surface area contributed by atoms with Crippen LogP contribution < -0.4 is 4.74 Å². The summed E-state index contributed by atoms with van der Waals surface area (Å²) in [4.78, 5) is 0. The fourth-order valence-electron chi connectivity index (χ4n) is 2.42. The van der Waals surface area contributed by atoms with Crippen LogP contribution in [0.25, 0.3) is 0 Å². The molecule has 2 nitrogen and oxygen atoms in total. The molecule has 1 atom stereocenters. The third-order valence-electron chi connectivity index (χ3n) is 4.01. The van der Waals surface area contributed by atoms with E-state index in [9.17, 15) is 0 Å². The van der Waals surface area contributed by atoms with Gasteiger partial charge in [0.25, 0.3) is 0 Å². The first kappa shape index (κ1) is 24.3. The summed E-state index contributed by atoms with van der Waals surface area (Å²) >= 11 is 2.06. The number of hydrogen-bond acceptors (Lipinski definition) is 3. The highest BCUT2D eigenvalue weighted by Gasteiger charge is 2.21. The van der Waals surface area contributed by atoms with E-state index in [1.54, 1.807) is 0 Å². The average molecular weight is 369 g/mol. The van der Waals surface area contributed by atoms with E-state index in [1.165, 1.54) is 29.7 Å². The number of benzene rings is 1. The van der Waals surface area contributed by atoms with Crippen molar-refractivity contribution < 1.29 is 9.47 Å². The molecule has 0 aliphatic rings. The maximum atomic E-state index is 5.99. The summed E-state index contributed by atoms with van der Waals surface area (Å²) in [7, 11) is 0. The van der Waals surface area contributed by atoms with E-state index >= 15 is 0 Å². The van der Waals surface area contributed by atoms with Gasteiger partial charge in [-0.2, -0.15) is 11.8 Å². The third-order valence-corrected chi connectivity index (χ3v) is 5.51. The Kier molecular flexibility index (Phi) is 13.2. The van der Waals surface area contributed by atoms with Gasteiger partial charge in [0.15, 0.2) is 6.29 Å². The third kappa shape index (κ3) is 9.01. The lowest BCUT2D eigenvalue weighted by atomic mass is 9.86. The van der Waals surface area contributed by atoms with E-state index in [-0.39, 0.29) is 11.7 Å². The highest BCUT2D eigenvalue weighted by molar-refractivity contribution is 7.99. The first-order chi connectivity index (χ1) is 11.9. The van der Waals surface area contributed by atoms with Gasteiger partial charge in [0, 0.05) is 18.8 Å². The topological polar surface area (TPSA) is 18.5 Å². The molecule has 0 saturated heterocycles. The summed E-state index contributed by atoms with van der Waals surface area (Å²) in [6, 6.07) is 6.58. The molecule has 0 heterocycles. The molecule has 3 heteroatoms. The Balaban J connectivity index is 0.00000277. The van der Waals surface area contributed by atoms with Crippen molar-refractivity contribution in [2.24, 2.45) is 0 Å². The molecule has 146 valence electrons. The molecule has 0 bridgehead atoms. The Morgan fingerprint density at radius 1 is 1.12 bits per heavy atom. The van der Waals surface area contributed by atoms with Crippen molar-refractivity contribution in [3.05, 3.63) is 29.3 Å². The van der Waals surface area contributed by atoms with Gasteiger partial charge in [0.2, 0.25) is 0 Å². The summed E-state index contributed by atoms with van der Waals surface area (Å²) in [5, 5.41) is 0. The predicted molar refractivity (Wildman–Crippen MR) is 114 cm³/mol. The molecule has 1 aromatic carbocycles. The molecular weight excluding hydrogens is 328 g/mol. The van der Waals surface area contributed by atoms with Crippen LogP contribution in [-0.4, -0.2) is 24.4 Å². The lowest BCUT2D eigenvalue weighted by Gasteiger charge is -2.26. The van der Waals surface area contributed by atoms with Crippen LogP contribution in [0.5, 0.6) is 5.75 Å². The zero-order valence-electron chi connectivity index (χ0n) is 17.8. The molecule has 0 spiro atoms. The largest absolute Gasteiger partial charge is 0.465 e. The Hall–Kier alpha value is -0.670. The molecule has 0 aromatic heterocycles. The van der Waals surface area contributed by atoms with Crippen LogP contribution in [0.2, 0.25) is 0 Å². The minimum atomic E-state index is -0.151. The monoisotopic (exact) mass is 368 g/mol. The molecule has 0 radical (unpaired) electrons. The Labute approximate surface area is 161 Å². The maximum absolute atomic E-state index is 5.99. The Morgan fingerprint density at radius 3 is 2.32 bits per heavy atom. The zero-order valence-corrected chi connectivity index (χ0v) is 18.6. The normalized spacial score (nSPS) is 12.3. The average Bonchev–Trinajstić information content (AvgIpc) is 2.61. The summed E-state index contributed by atoms with van der Waals surface area (Å²) < 4.78 is 11.6. The lowest BCUT2D eigenvalue weighted by Crippen LogP contribution is -2.22. The molecular formula is C22H40O2S. The molecule has 0 aliphatic carbocycles. The van der Waals surface area contributed by atoms with Crippen LogP contribution in [-0.2, 0) is 10.2 Å². The van der Waals surface area contributed by atoms with Gasteiger partial charge in [-0.05, 0) is 48.6 Å². The maximum Gasteiger partial charge on any atom is 0.199 e. The highest BCUT2D eigenvalue weighted by Crippen LogP contribution is 2.31. The Bertz CT molecular complexity index is 457. The standard InChI is InChI=1S/C20H34O2S.C2H6/c1-7-10-13-23-15-20(5,6)17-11-12-18(16(4)14-17)22-19(8-2)21-9-3;1-2/h11-12,14,19H,7-10,13,15H2,1-6H3;1-2H3. The van der Waals surface area contributed by atoms with Crippen molar-refractivity contribution in [3.8, 4) is 5.75 Å². The lowest BCUT2D eigenvalue weighted by molar-refractivity contribution is -0.0769. The molecule has 0 fully saturated rings. The van der Waals surface area contributed by atoms with Gasteiger partial charge in [-0.3, -0.25) is 0 Å². The first-order valence-corrected chi connectivity index (χ1v) is 11.1. The van der Waals surface area contributed by atoms with Crippen LogP contribution >= 0.6 is 11.8 Å². The zero-order chi connectivity index (χ0) is 19.3. The predicted octanol–water partition coefficient (Wildman–Crippen LogP) is 6.98. The summed E-state index contributed by atoms with van der Waals surface area (Å²) in [5.74, 6) is 3.35. The van der Waals surface area contributed by atoms with Crippen LogP contribution in [0, 0.1) is 6.92 Å². The number of ether oxygens (including phenoxy) is 2. The van der Waals surface area contributed by atoms with Crippen molar-refractivity contribution in [3.63, 3.8) is 0 Å². The SMILES string of the molecule is CC.CCCCSCC(C)(C)c1ccc(OC(CC)OCC)c(C)c1. The van der Waals surface area contributed by atoms with Gasteiger partial charge in [-0.1, -0.05) is 60.1 Å². The molecule has 0 N–H and O–H groups in total. The number of thioether (sulfide) groups is 1. The van der Waals surface area contributed by atoms with E-state index in [2.05, 4.69) is 64.6 Å². The van der Waals surface area contributed by atoms with E-state index in [1.807, 2.05) is 20.8 Å². The molecule has 1 aromatic rings. The van der Waals surface area contributed by atoms with Crippen molar-refractivity contribution >= 4 is 11.8 Å². The Morgan fingerprint density at radius 2 is 1.80 bits per heavy atom. The van der Waals surface area contributed by atoms with Crippen LogP contribution in [0.4, 0.5) is 0 Å². The fourth-order valence-corrected chi connectivity index (χ4v) is 3.74. The summed E-state index contributed by atoms with van der Waals surface area (Å²) in [5.41, 5.74) is 2.76. The van der Waals surface area contributed by atoms with Gasteiger partial charge < -0.3 is 9.47 Å². The van der Waals surface area contributed by atoms with Gasteiger partial charge >= 0.3 is 0 Å². The van der Waals surface area contributed by atoms with Crippen molar-refractivity contribution in [1.29, 1.82) is 0 Å². The second-order valence-electron chi connectivity index (χ2n) is 6.68. The van der Waals surface area contributed by atoms with Crippen molar-refractivity contribution in [2.45, 2.75) is 86.4 Å². The van der Waals surface area contributed by atoms with Gasteiger partial charge in [0.05, 0.1) is 0 Å². The molecule has 0 amide bonds. The van der Waals surface area contributed by atoms with Gasteiger partial charge in [0.1, 0.15) is 5.75 Å². The van der Waals surface area contributed by atoms with E-state index in [4.69, 9.17) is 9.47 Å².